The van der Waals surface area contributed by atoms with Crippen LogP contribution in [0.2, 0.25) is 0 Å². The SMILES string of the molecule is CCC(C)c1ccc(CCC(=O)C=C(C)O)cc1.CCC(C)c1ccc(CCc2c[c-]c(-c3ccccn3)cc2)cc1.CCC(C)c1ccc(CCc2c[c-]c(-c3ccccn3)cc2)cc1.Cc1c[c-]c(-c2ccccn2)cc1.Cc1c[c-]c(-c2ccccn2)cc1.[Ir+3].[Ir+3].[Ir].[c-]1ccccc1-c1ccccn1.[c-]1ccccc1-c1ccccn1.[c-]1ccccc1-c1ccccn1.[c-]1ccccc1-c1ccccn1. The number of rotatable bonds is 24. The van der Waals surface area contributed by atoms with Gasteiger partial charge in [-0.2, -0.15) is 0 Å². The third-order valence-corrected chi connectivity index (χ3v) is 23.0. The molecule has 0 saturated carbocycles. The normalized spacial score (nSPS) is 10.8. The van der Waals surface area contributed by atoms with E-state index < -0.39 is 0 Å². The van der Waals surface area contributed by atoms with Gasteiger partial charge in [-0.25, -0.2) is 0 Å². The quantitative estimate of drug-likeness (QED) is 0.0353. The molecule has 8 heterocycles. The Bertz CT molecular complexity index is 5920. The van der Waals surface area contributed by atoms with Crippen LogP contribution in [0.25, 0.3) is 90.1 Å². The molecule has 0 aliphatic heterocycles. The summed E-state index contributed by atoms with van der Waals surface area (Å²) in [5.74, 6) is 1.93. The fourth-order valence-corrected chi connectivity index (χ4v) is 14.2. The zero-order chi connectivity index (χ0) is 98.2. The minimum Gasteiger partial charge on any atom is -0.512 e. The Morgan fingerprint density at radius 2 is 0.476 bits per heavy atom. The molecule has 0 aliphatic rings. The molecule has 0 aliphatic carbocycles. The van der Waals surface area contributed by atoms with E-state index in [2.05, 4.69) is 265 Å². The van der Waals surface area contributed by atoms with Crippen LogP contribution in [0.15, 0.2) is 450 Å². The molecule has 723 valence electrons. The summed E-state index contributed by atoms with van der Waals surface area (Å²) in [5, 5.41) is 8.98. The molecule has 19 aromatic rings. The Balaban J connectivity index is 0.000000199. The number of hydrogen-bond donors (Lipinski definition) is 1. The standard InChI is InChI=1S/2C23H24N.C16H22O2.2C12H10N.4C11H8N.3Ir/c2*1-3-18(2)21-13-9-19(10-14-21)7-8-20-11-15-22(16-12-20)23-6-4-5-17-24-23;1-4-12(2)15-8-5-14(6-9-15)7-10-16(18)11-13(3)17;2*1-10-5-7-11(8-6-10)12-4-2-3-9-13-12;4*1-2-6-10(7-3-1)11-8-4-5-9-12-11;;;/h2*4-6,9-15,17-18H,3,7-8H2,1-2H3;5-6,8-9,11-12,17H,4,7,10H2,1-3H3;2*2-7,9H,1H3;4*1-6,8-9H;;;/q2*-1;;6*-1;;2*+3. The summed E-state index contributed by atoms with van der Waals surface area (Å²) in [4.78, 5) is 45.5. The molecule has 8 aromatic heterocycles. The second-order valence-corrected chi connectivity index (χ2v) is 33.5. The zero-order valence-corrected chi connectivity index (χ0v) is 89.9. The number of aliphatic hydroxyl groups is 1. The van der Waals surface area contributed by atoms with E-state index >= 15 is 0 Å². The van der Waals surface area contributed by atoms with Crippen LogP contribution >= 0.6 is 0 Å². The van der Waals surface area contributed by atoms with E-state index in [0.717, 1.165) is 129 Å². The maximum absolute atomic E-state index is 11.4. The van der Waals surface area contributed by atoms with E-state index in [0.29, 0.717) is 24.2 Å². The number of hydrogen-bond acceptors (Lipinski definition) is 10. The van der Waals surface area contributed by atoms with Gasteiger partial charge >= 0.3 is 40.2 Å². The summed E-state index contributed by atoms with van der Waals surface area (Å²) in [5.41, 5.74) is 29.4. The van der Waals surface area contributed by atoms with Crippen LogP contribution in [0.1, 0.15) is 148 Å². The first-order valence-electron chi connectivity index (χ1n) is 48.0. The van der Waals surface area contributed by atoms with Gasteiger partial charge in [-0.1, -0.05) is 238 Å². The molecule has 0 spiro atoms. The molecule has 3 atom stereocenters. The van der Waals surface area contributed by atoms with E-state index in [1.807, 2.05) is 279 Å². The first kappa shape index (κ1) is 114. The van der Waals surface area contributed by atoms with Crippen molar-refractivity contribution in [2.24, 2.45) is 0 Å². The summed E-state index contributed by atoms with van der Waals surface area (Å²) in [6.07, 6.45) is 24.6. The number of aryl methyl sites for hydroxylation is 7. The van der Waals surface area contributed by atoms with Crippen LogP contribution in [0.5, 0.6) is 0 Å². The van der Waals surface area contributed by atoms with Crippen molar-refractivity contribution in [1.29, 1.82) is 0 Å². The zero-order valence-electron chi connectivity index (χ0n) is 82.7. The maximum atomic E-state index is 11.4. The summed E-state index contributed by atoms with van der Waals surface area (Å²) in [7, 11) is 0. The number of benzene rings is 11. The number of carbonyl (C=O) groups excluding carboxylic acids is 1. The van der Waals surface area contributed by atoms with Gasteiger partial charge in [0.1, 0.15) is 0 Å². The minimum atomic E-state index is -0.0268. The van der Waals surface area contributed by atoms with Gasteiger partial charge in [0.15, 0.2) is 5.78 Å². The largest absolute Gasteiger partial charge is 3.00 e. The Labute approximate surface area is 890 Å². The van der Waals surface area contributed by atoms with E-state index in [1.54, 1.807) is 37.2 Å². The van der Waals surface area contributed by atoms with Crippen LogP contribution in [0, 0.1) is 62.4 Å². The number of carbonyl (C=O) groups is 1. The predicted molar refractivity (Wildman–Crippen MR) is 578 cm³/mol. The van der Waals surface area contributed by atoms with Crippen molar-refractivity contribution in [1.82, 2.24) is 39.9 Å². The van der Waals surface area contributed by atoms with Crippen molar-refractivity contribution >= 4 is 5.78 Å². The third-order valence-electron chi connectivity index (χ3n) is 23.0. The number of allylic oxidation sites excluding steroid dienone is 2. The monoisotopic (exact) mass is 2410 g/mol. The van der Waals surface area contributed by atoms with Gasteiger partial charge in [-0.15, -0.1) is 285 Å². The van der Waals surface area contributed by atoms with Crippen LogP contribution in [0.4, 0.5) is 0 Å². The molecule has 13 heteroatoms. The molecule has 1 radical (unpaired) electrons. The van der Waals surface area contributed by atoms with E-state index in [9.17, 15) is 4.79 Å². The molecule has 0 saturated heterocycles. The van der Waals surface area contributed by atoms with Crippen molar-refractivity contribution < 1.29 is 70.2 Å². The van der Waals surface area contributed by atoms with Crippen LogP contribution in [-0.2, 0) is 97.2 Å². The Morgan fingerprint density at radius 3 is 0.664 bits per heavy atom. The third kappa shape index (κ3) is 41.5. The second-order valence-electron chi connectivity index (χ2n) is 33.5. The molecule has 0 amide bonds. The molecular formula is C130H122Ir3N8O2-2. The van der Waals surface area contributed by atoms with Crippen LogP contribution < -0.4 is 0 Å². The average Bonchev–Trinajstić information content (AvgIpc) is 0.860. The molecule has 143 heavy (non-hydrogen) atoms. The number of pyridine rings is 8. The number of aliphatic hydroxyl groups excluding tert-OH is 1. The van der Waals surface area contributed by atoms with Gasteiger partial charge < -0.3 is 45.0 Å². The van der Waals surface area contributed by atoms with Crippen molar-refractivity contribution in [3.63, 3.8) is 0 Å². The summed E-state index contributed by atoms with van der Waals surface area (Å²) >= 11 is 0. The number of ketones is 1. The van der Waals surface area contributed by atoms with Crippen LogP contribution in [-0.4, -0.2) is 50.8 Å². The van der Waals surface area contributed by atoms with Crippen molar-refractivity contribution in [3.05, 3.63) is 554 Å². The number of nitrogens with zero attached hydrogens (tertiary/aromatic N) is 8. The first-order chi connectivity index (χ1) is 68.6. The minimum absolute atomic E-state index is 0. The Morgan fingerprint density at radius 1 is 0.266 bits per heavy atom. The van der Waals surface area contributed by atoms with E-state index in [-0.39, 0.29) is 71.9 Å². The fourth-order valence-electron chi connectivity index (χ4n) is 14.2. The van der Waals surface area contributed by atoms with Crippen molar-refractivity contribution in [2.45, 2.75) is 138 Å². The number of aromatic nitrogens is 8. The predicted octanol–water partition coefficient (Wildman–Crippen LogP) is 31.8. The van der Waals surface area contributed by atoms with Gasteiger partial charge in [0.2, 0.25) is 0 Å². The summed E-state index contributed by atoms with van der Waals surface area (Å²) < 4.78 is 0. The summed E-state index contributed by atoms with van der Waals surface area (Å²) in [6.45, 7) is 19.1. The molecule has 19 rings (SSSR count). The molecular weight excluding hydrogens is 2280 g/mol. The van der Waals surface area contributed by atoms with Gasteiger partial charge in [-0.05, 0) is 191 Å². The van der Waals surface area contributed by atoms with Gasteiger partial charge in [0, 0.05) is 82.2 Å². The molecule has 10 nitrogen and oxygen atoms in total. The van der Waals surface area contributed by atoms with Gasteiger partial charge in [0.05, 0.1) is 5.76 Å². The average molecular weight is 2410 g/mol. The van der Waals surface area contributed by atoms with E-state index in [4.69, 9.17) is 5.11 Å². The van der Waals surface area contributed by atoms with Crippen molar-refractivity contribution in [3.8, 4) is 90.1 Å². The molecule has 11 aromatic carbocycles. The molecule has 0 bridgehead atoms. The molecule has 0 fully saturated rings. The molecule has 1 N–H and O–H groups in total. The summed E-state index contributed by atoms with van der Waals surface area (Å²) in [6, 6.07) is 156. The van der Waals surface area contributed by atoms with Gasteiger partial charge in [0.25, 0.3) is 0 Å². The van der Waals surface area contributed by atoms with Gasteiger partial charge in [-0.3, -0.25) is 4.79 Å². The van der Waals surface area contributed by atoms with Crippen molar-refractivity contribution in [2.75, 3.05) is 0 Å². The van der Waals surface area contributed by atoms with Crippen LogP contribution in [0.3, 0.4) is 0 Å². The smallest absolute Gasteiger partial charge is 0.512 e. The first-order valence-corrected chi connectivity index (χ1v) is 48.0. The Kier molecular flexibility index (Phi) is 52.4. The van der Waals surface area contributed by atoms with E-state index in [1.165, 1.54) is 81.5 Å². The second kappa shape index (κ2) is 65.7. The maximum Gasteiger partial charge on any atom is 3.00 e. The Hall–Kier alpha value is -14.2. The fraction of sp³-hybridized carbons (Fsp3) is 0.162. The topological polar surface area (TPSA) is 140 Å². The molecule has 3 unspecified atom stereocenters.